The van der Waals surface area contributed by atoms with Gasteiger partial charge in [-0.25, -0.2) is 9.37 Å². The van der Waals surface area contributed by atoms with Gasteiger partial charge in [0.25, 0.3) is 0 Å². The lowest BCUT2D eigenvalue weighted by molar-refractivity contribution is 0.109. The second kappa shape index (κ2) is 7.26. The molecule has 1 saturated carbocycles. The average molecular weight is 380 g/mol. The summed E-state index contributed by atoms with van der Waals surface area (Å²) in [5, 5.41) is 0. The molecule has 3 heterocycles. The van der Waals surface area contributed by atoms with Crippen molar-refractivity contribution in [2.45, 2.75) is 56.7 Å². The molecule has 1 saturated heterocycles. The highest BCUT2D eigenvalue weighted by Gasteiger charge is 2.28. The summed E-state index contributed by atoms with van der Waals surface area (Å²) in [4.78, 5) is 9.39. The number of hydrogen-bond donors (Lipinski definition) is 1. The molecule has 0 amide bonds. The van der Waals surface area contributed by atoms with Crippen LogP contribution in [-0.2, 0) is 4.74 Å². The van der Waals surface area contributed by atoms with E-state index < -0.39 is 0 Å². The molecule has 1 aliphatic heterocycles. The van der Waals surface area contributed by atoms with Crippen LogP contribution in [0.3, 0.4) is 0 Å². The summed E-state index contributed by atoms with van der Waals surface area (Å²) in [6.07, 6.45) is 7.91. The van der Waals surface area contributed by atoms with Gasteiger partial charge in [0.15, 0.2) is 0 Å². The van der Waals surface area contributed by atoms with Crippen LogP contribution in [0, 0.1) is 5.82 Å². The molecular weight excluding hydrogens is 355 g/mol. The summed E-state index contributed by atoms with van der Waals surface area (Å²) >= 11 is 0. The van der Waals surface area contributed by atoms with Gasteiger partial charge in [-0.1, -0.05) is 12.1 Å². The second-order valence-electron chi connectivity index (χ2n) is 7.97. The number of aromatic nitrogens is 3. The quantitative estimate of drug-likeness (QED) is 0.725. The van der Waals surface area contributed by atoms with Crippen molar-refractivity contribution in [3.8, 4) is 11.4 Å². The molecule has 146 valence electrons. The van der Waals surface area contributed by atoms with Crippen molar-refractivity contribution in [3.05, 3.63) is 48.0 Å². The van der Waals surface area contributed by atoms with Crippen molar-refractivity contribution >= 4 is 11.0 Å². The maximum Gasteiger partial charge on any atom is 0.144 e. The van der Waals surface area contributed by atoms with Crippen LogP contribution in [0.15, 0.2) is 36.5 Å². The van der Waals surface area contributed by atoms with E-state index in [0.29, 0.717) is 11.4 Å². The van der Waals surface area contributed by atoms with Crippen molar-refractivity contribution in [2.24, 2.45) is 5.73 Å². The normalized spacial score (nSPS) is 25.4. The van der Waals surface area contributed by atoms with Crippen LogP contribution < -0.4 is 5.73 Å². The number of halogens is 1. The molecule has 3 unspecified atom stereocenters. The van der Waals surface area contributed by atoms with Gasteiger partial charge < -0.3 is 15.0 Å². The Kier molecular flexibility index (Phi) is 4.61. The highest BCUT2D eigenvalue weighted by molar-refractivity contribution is 5.80. The number of hydrogen-bond acceptors (Lipinski definition) is 4. The standard InChI is InChI=1S/C22H25FN4O/c23-17-8-2-1-7-16(17)22-26-19-13-25-18(21-9-4-10-28-21)12-20(19)27(22)15-6-3-5-14(24)11-15/h1-2,7-8,12-15,21H,3-6,9-11,24H2. The van der Waals surface area contributed by atoms with Gasteiger partial charge in [0.2, 0.25) is 0 Å². The van der Waals surface area contributed by atoms with Crippen LogP contribution in [-0.4, -0.2) is 27.2 Å². The SMILES string of the molecule is NC1CCCC(n2c(-c3ccccc3F)nc3cnc(C4CCCO4)cc32)C1. The topological polar surface area (TPSA) is 66.0 Å². The van der Waals surface area contributed by atoms with Crippen LogP contribution in [0.5, 0.6) is 0 Å². The van der Waals surface area contributed by atoms with Crippen LogP contribution in [0.1, 0.15) is 56.4 Å². The van der Waals surface area contributed by atoms with E-state index >= 15 is 0 Å². The summed E-state index contributed by atoms with van der Waals surface area (Å²) in [6, 6.07) is 9.31. The molecule has 3 atom stereocenters. The highest BCUT2D eigenvalue weighted by atomic mass is 19.1. The first-order chi connectivity index (χ1) is 13.7. The monoisotopic (exact) mass is 380 g/mol. The molecule has 1 aliphatic carbocycles. The van der Waals surface area contributed by atoms with E-state index in [0.717, 1.165) is 61.9 Å². The zero-order chi connectivity index (χ0) is 19.1. The third-order valence-electron chi connectivity index (χ3n) is 6.02. The molecule has 28 heavy (non-hydrogen) atoms. The third kappa shape index (κ3) is 3.10. The Morgan fingerprint density at radius 1 is 1.14 bits per heavy atom. The summed E-state index contributed by atoms with van der Waals surface area (Å²) < 4.78 is 22.7. The first-order valence-electron chi connectivity index (χ1n) is 10.2. The minimum absolute atomic E-state index is 0.0401. The number of pyridine rings is 1. The van der Waals surface area contributed by atoms with Crippen molar-refractivity contribution in [3.63, 3.8) is 0 Å². The lowest BCUT2D eigenvalue weighted by Crippen LogP contribution is -2.29. The second-order valence-corrected chi connectivity index (χ2v) is 7.97. The van der Waals surface area contributed by atoms with Gasteiger partial charge in [-0.05, 0) is 56.7 Å². The van der Waals surface area contributed by atoms with Gasteiger partial charge in [-0.2, -0.15) is 0 Å². The van der Waals surface area contributed by atoms with E-state index in [1.54, 1.807) is 18.3 Å². The summed E-state index contributed by atoms with van der Waals surface area (Å²) in [5.41, 5.74) is 9.53. The minimum atomic E-state index is -0.258. The van der Waals surface area contributed by atoms with Crippen molar-refractivity contribution in [1.29, 1.82) is 0 Å². The van der Waals surface area contributed by atoms with Crippen molar-refractivity contribution < 1.29 is 9.13 Å². The number of benzene rings is 1. The molecular formula is C22H25FN4O. The van der Waals surface area contributed by atoms with Crippen molar-refractivity contribution in [2.75, 3.05) is 6.61 Å². The predicted molar refractivity (Wildman–Crippen MR) is 106 cm³/mol. The van der Waals surface area contributed by atoms with Crippen LogP contribution in [0.25, 0.3) is 22.4 Å². The van der Waals surface area contributed by atoms with Crippen molar-refractivity contribution in [1.82, 2.24) is 14.5 Å². The molecule has 2 N–H and O–H groups in total. The largest absolute Gasteiger partial charge is 0.372 e. The van der Waals surface area contributed by atoms with E-state index in [4.69, 9.17) is 15.5 Å². The van der Waals surface area contributed by atoms with E-state index in [9.17, 15) is 4.39 Å². The van der Waals surface area contributed by atoms with Gasteiger partial charge >= 0.3 is 0 Å². The van der Waals surface area contributed by atoms with E-state index in [1.807, 2.05) is 6.07 Å². The van der Waals surface area contributed by atoms with Crippen LogP contribution in [0.2, 0.25) is 0 Å². The highest BCUT2D eigenvalue weighted by Crippen LogP contribution is 2.37. The molecule has 2 aliphatic rings. The van der Waals surface area contributed by atoms with Gasteiger partial charge in [-0.15, -0.1) is 0 Å². The summed E-state index contributed by atoms with van der Waals surface area (Å²) in [7, 11) is 0. The predicted octanol–water partition coefficient (Wildman–Crippen LogP) is 4.53. The molecule has 0 bridgehead atoms. The Balaban J connectivity index is 1.69. The summed E-state index contributed by atoms with van der Waals surface area (Å²) in [5.74, 6) is 0.407. The molecule has 2 aromatic heterocycles. The number of nitrogens with zero attached hydrogens (tertiary/aromatic N) is 3. The smallest absolute Gasteiger partial charge is 0.144 e. The number of rotatable bonds is 3. The maximum absolute atomic E-state index is 14.6. The van der Waals surface area contributed by atoms with Gasteiger partial charge in [0.1, 0.15) is 17.2 Å². The zero-order valence-corrected chi connectivity index (χ0v) is 15.9. The average Bonchev–Trinajstić information content (AvgIpc) is 3.36. The molecule has 6 heteroatoms. The van der Waals surface area contributed by atoms with Gasteiger partial charge in [-0.3, -0.25) is 4.98 Å². The first-order valence-corrected chi connectivity index (χ1v) is 10.2. The lowest BCUT2D eigenvalue weighted by Gasteiger charge is -2.29. The third-order valence-corrected chi connectivity index (χ3v) is 6.02. The molecule has 2 fully saturated rings. The van der Waals surface area contributed by atoms with E-state index in [2.05, 4.69) is 15.6 Å². The Labute approximate surface area is 163 Å². The first kappa shape index (κ1) is 17.8. The molecule has 5 nitrogen and oxygen atoms in total. The van der Waals surface area contributed by atoms with Gasteiger partial charge in [0.05, 0.1) is 29.1 Å². The maximum atomic E-state index is 14.6. The summed E-state index contributed by atoms with van der Waals surface area (Å²) in [6.45, 7) is 0.779. The number of nitrogens with two attached hydrogens (primary N) is 1. The fraction of sp³-hybridized carbons (Fsp3) is 0.455. The van der Waals surface area contributed by atoms with Crippen LogP contribution in [0.4, 0.5) is 4.39 Å². The van der Waals surface area contributed by atoms with E-state index in [-0.39, 0.29) is 24.0 Å². The van der Waals surface area contributed by atoms with Gasteiger partial charge in [0, 0.05) is 18.7 Å². The Morgan fingerprint density at radius 3 is 2.82 bits per heavy atom. The Hall–Kier alpha value is -2.31. The lowest BCUT2D eigenvalue weighted by atomic mass is 9.91. The molecule has 0 spiro atoms. The molecule has 0 radical (unpaired) electrons. The Morgan fingerprint density at radius 2 is 2.04 bits per heavy atom. The van der Waals surface area contributed by atoms with E-state index in [1.165, 1.54) is 6.07 Å². The van der Waals surface area contributed by atoms with Crippen LogP contribution >= 0.6 is 0 Å². The number of fused-ring (bicyclic) bond motifs is 1. The molecule has 1 aromatic carbocycles. The number of imidazole rings is 1. The molecule has 3 aromatic rings. The minimum Gasteiger partial charge on any atom is -0.372 e. The zero-order valence-electron chi connectivity index (χ0n) is 15.9. The fourth-order valence-corrected chi connectivity index (χ4v) is 4.64. The fourth-order valence-electron chi connectivity index (χ4n) is 4.64. The molecule has 5 rings (SSSR count). The number of ether oxygens (including phenoxy) is 1. The Bertz CT molecular complexity index is 995.